The first-order valence-corrected chi connectivity index (χ1v) is 4.83. The summed E-state index contributed by atoms with van der Waals surface area (Å²) < 4.78 is 5.41. The summed E-state index contributed by atoms with van der Waals surface area (Å²) in [6.45, 7) is 0.570. The predicted octanol–water partition coefficient (Wildman–Crippen LogP) is 2.49. The van der Waals surface area contributed by atoms with Gasteiger partial charge >= 0.3 is 5.97 Å². The maximum Gasteiger partial charge on any atom is 0.307 e. The Morgan fingerprint density at radius 3 is 2.67 bits per heavy atom. The molecule has 0 aliphatic heterocycles. The van der Waals surface area contributed by atoms with E-state index in [0.29, 0.717) is 6.61 Å². The van der Waals surface area contributed by atoms with Crippen LogP contribution in [0.3, 0.4) is 0 Å². The van der Waals surface area contributed by atoms with Gasteiger partial charge in [0.1, 0.15) is 5.75 Å². The highest BCUT2D eigenvalue weighted by Crippen LogP contribution is 2.08. The molecule has 0 saturated carbocycles. The normalized spacial score (nSPS) is 10.4. The quantitative estimate of drug-likeness (QED) is 0.574. The molecule has 0 bridgehead atoms. The fourth-order valence-corrected chi connectivity index (χ4v) is 1.06. The molecule has 1 aromatic rings. The van der Waals surface area contributed by atoms with Crippen molar-refractivity contribution in [3.63, 3.8) is 0 Å². The van der Waals surface area contributed by atoms with Crippen LogP contribution < -0.4 is 4.74 Å². The molecule has 0 spiro atoms. The van der Waals surface area contributed by atoms with E-state index in [9.17, 15) is 4.79 Å². The molecular formula is C12H14O3. The van der Waals surface area contributed by atoms with Gasteiger partial charge in [0, 0.05) is 0 Å². The highest BCUT2D eigenvalue weighted by Gasteiger charge is 1.90. The van der Waals surface area contributed by atoms with Crippen LogP contribution in [0.15, 0.2) is 42.5 Å². The summed E-state index contributed by atoms with van der Waals surface area (Å²) in [4.78, 5) is 10.2. The number of para-hydroxylation sites is 1. The van der Waals surface area contributed by atoms with Crippen LogP contribution in [0.1, 0.15) is 12.8 Å². The summed E-state index contributed by atoms with van der Waals surface area (Å²) >= 11 is 0. The van der Waals surface area contributed by atoms with Gasteiger partial charge in [-0.15, -0.1) is 0 Å². The number of carboxylic acid groups (broad SMARTS) is 1. The average Bonchev–Trinajstić information content (AvgIpc) is 2.24. The van der Waals surface area contributed by atoms with Gasteiger partial charge in [-0.1, -0.05) is 30.4 Å². The van der Waals surface area contributed by atoms with Gasteiger partial charge < -0.3 is 9.84 Å². The van der Waals surface area contributed by atoms with Crippen LogP contribution in [0.2, 0.25) is 0 Å². The highest BCUT2D eigenvalue weighted by atomic mass is 16.5. The van der Waals surface area contributed by atoms with Crippen molar-refractivity contribution >= 4 is 5.97 Å². The summed E-state index contributed by atoms with van der Waals surface area (Å²) in [5, 5.41) is 8.37. The van der Waals surface area contributed by atoms with E-state index in [-0.39, 0.29) is 6.42 Å². The molecule has 1 rings (SSSR count). The van der Waals surface area contributed by atoms with Crippen LogP contribution in [-0.4, -0.2) is 17.7 Å². The number of carbonyl (C=O) groups is 1. The molecule has 1 aromatic carbocycles. The van der Waals surface area contributed by atoms with Crippen molar-refractivity contribution in [2.75, 3.05) is 6.61 Å². The molecule has 0 aliphatic rings. The van der Waals surface area contributed by atoms with Crippen LogP contribution in [0.25, 0.3) is 0 Å². The Morgan fingerprint density at radius 2 is 2.00 bits per heavy atom. The van der Waals surface area contributed by atoms with Crippen molar-refractivity contribution in [1.82, 2.24) is 0 Å². The van der Waals surface area contributed by atoms with E-state index in [1.807, 2.05) is 36.4 Å². The summed E-state index contributed by atoms with van der Waals surface area (Å²) in [6, 6.07) is 9.53. The summed E-state index contributed by atoms with van der Waals surface area (Å²) in [7, 11) is 0. The van der Waals surface area contributed by atoms with E-state index in [1.54, 1.807) is 6.08 Å². The molecule has 80 valence electrons. The number of ether oxygens (including phenoxy) is 1. The number of aliphatic carboxylic acids is 1. The lowest BCUT2D eigenvalue weighted by atomic mass is 10.3. The molecule has 0 aliphatic carbocycles. The Balaban J connectivity index is 2.12. The Kier molecular flexibility index (Phi) is 5.01. The van der Waals surface area contributed by atoms with E-state index < -0.39 is 5.97 Å². The van der Waals surface area contributed by atoms with Crippen LogP contribution in [-0.2, 0) is 4.79 Å². The molecule has 15 heavy (non-hydrogen) atoms. The van der Waals surface area contributed by atoms with E-state index in [0.717, 1.165) is 12.2 Å². The number of hydrogen-bond acceptors (Lipinski definition) is 2. The lowest BCUT2D eigenvalue weighted by molar-refractivity contribution is -0.136. The maximum atomic E-state index is 10.2. The molecule has 0 fully saturated rings. The first-order chi connectivity index (χ1) is 7.29. The summed E-state index contributed by atoms with van der Waals surface area (Å²) in [5.74, 6) is 0.0272. The molecule has 0 amide bonds. The van der Waals surface area contributed by atoms with Gasteiger partial charge in [0.2, 0.25) is 0 Å². The second kappa shape index (κ2) is 6.65. The maximum absolute atomic E-state index is 10.2. The monoisotopic (exact) mass is 206 g/mol. The number of hydrogen-bond donors (Lipinski definition) is 1. The fourth-order valence-electron chi connectivity index (χ4n) is 1.06. The minimum atomic E-state index is -0.810. The molecule has 0 atom stereocenters. The van der Waals surface area contributed by atoms with E-state index >= 15 is 0 Å². The summed E-state index contributed by atoms with van der Waals surface area (Å²) in [6.07, 6.45) is 4.25. The number of carboxylic acids is 1. The molecule has 0 aromatic heterocycles. The Bertz CT molecular complexity index is 317. The van der Waals surface area contributed by atoms with Crippen LogP contribution >= 0.6 is 0 Å². The van der Waals surface area contributed by atoms with Gasteiger partial charge in [0.25, 0.3) is 0 Å². The third-order valence-electron chi connectivity index (χ3n) is 1.76. The SMILES string of the molecule is O=C(O)C/C=C/CCOc1ccccc1. The zero-order valence-corrected chi connectivity index (χ0v) is 8.43. The minimum absolute atomic E-state index is 0.0747. The van der Waals surface area contributed by atoms with Crippen molar-refractivity contribution in [2.24, 2.45) is 0 Å². The van der Waals surface area contributed by atoms with Crippen LogP contribution in [0.5, 0.6) is 5.75 Å². The molecular weight excluding hydrogens is 192 g/mol. The second-order valence-electron chi connectivity index (χ2n) is 3.02. The van der Waals surface area contributed by atoms with Gasteiger partial charge in [-0.25, -0.2) is 0 Å². The Morgan fingerprint density at radius 1 is 1.27 bits per heavy atom. The second-order valence-corrected chi connectivity index (χ2v) is 3.02. The first-order valence-electron chi connectivity index (χ1n) is 4.83. The van der Waals surface area contributed by atoms with Crippen LogP contribution in [0.4, 0.5) is 0 Å². The molecule has 0 radical (unpaired) electrons. The Hall–Kier alpha value is -1.77. The minimum Gasteiger partial charge on any atom is -0.493 e. The van der Waals surface area contributed by atoms with Crippen molar-refractivity contribution in [1.29, 1.82) is 0 Å². The summed E-state index contributed by atoms with van der Waals surface area (Å²) in [5.41, 5.74) is 0. The van der Waals surface area contributed by atoms with E-state index in [2.05, 4.69) is 0 Å². The van der Waals surface area contributed by atoms with Gasteiger partial charge in [-0.3, -0.25) is 4.79 Å². The molecule has 0 saturated heterocycles. The molecule has 3 heteroatoms. The fraction of sp³-hybridized carbons (Fsp3) is 0.250. The molecule has 0 heterocycles. The topological polar surface area (TPSA) is 46.5 Å². The van der Waals surface area contributed by atoms with Crippen molar-refractivity contribution in [2.45, 2.75) is 12.8 Å². The zero-order valence-electron chi connectivity index (χ0n) is 8.43. The van der Waals surface area contributed by atoms with Gasteiger partial charge in [-0.2, -0.15) is 0 Å². The lowest BCUT2D eigenvalue weighted by Gasteiger charge is -2.02. The van der Waals surface area contributed by atoms with Gasteiger partial charge in [0.15, 0.2) is 0 Å². The van der Waals surface area contributed by atoms with Crippen molar-refractivity contribution < 1.29 is 14.6 Å². The molecule has 3 nitrogen and oxygen atoms in total. The smallest absolute Gasteiger partial charge is 0.307 e. The van der Waals surface area contributed by atoms with Gasteiger partial charge in [-0.05, 0) is 18.6 Å². The third kappa shape index (κ3) is 5.52. The average molecular weight is 206 g/mol. The predicted molar refractivity (Wildman–Crippen MR) is 57.9 cm³/mol. The van der Waals surface area contributed by atoms with Crippen molar-refractivity contribution in [3.05, 3.63) is 42.5 Å². The van der Waals surface area contributed by atoms with Crippen LogP contribution in [0, 0.1) is 0 Å². The largest absolute Gasteiger partial charge is 0.493 e. The van der Waals surface area contributed by atoms with Crippen molar-refractivity contribution in [3.8, 4) is 5.75 Å². The van der Waals surface area contributed by atoms with Gasteiger partial charge in [0.05, 0.1) is 13.0 Å². The third-order valence-corrected chi connectivity index (χ3v) is 1.76. The van der Waals surface area contributed by atoms with E-state index in [4.69, 9.17) is 9.84 Å². The highest BCUT2D eigenvalue weighted by molar-refractivity contribution is 5.68. The lowest BCUT2D eigenvalue weighted by Crippen LogP contribution is -1.95. The zero-order chi connectivity index (χ0) is 10.9. The standard InChI is InChI=1S/C12H14O3/c13-12(14)9-5-2-6-10-15-11-7-3-1-4-8-11/h1-5,7-8H,6,9-10H2,(H,13,14)/b5-2+. The van der Waals surface area contributed by atoms with E-state index in [1.165, 1.54) is 0 Å². The molecule has 0 unspecified atom stereocenters. The Labute approximate surface area is 89.0 Å². The molecule has 1 N–H and O–H groups in total. The number of rotatable bonds is 6. The first kappa shape index (κ1) is 11.3. The number of benzene rings is 1.